The van der Waals surface area contributed by atoms with Gasteiger partial charge in [-0.3, -0.25) is 0 Å². The standard InChI is InChI=1S/C45H56N2O2Si/c1-6-8-17-37(7-2)36-49-45-32-30-44(31-33-45)47(42-20-13-10-14-21-42)43-28-24-39(25-29-43)38-22-26-41(27-23-38)46(40-18-11-9-12-19-40)34-15-16-35-50(4,5)48-3/h9-14,18-33,37H,6-8,15-17,34-36H2,1-5H3. The van der Waals surface area contributed by atoms with Crippen molar-refractivity contribution in [2.45, 2.75) is 71.5 Å². The Kier molecular flexibility index (Phi) is 13.7. The average molecular weight is 685 g/mol. The number of unbranched alkanes of at least 4 members (excludes halogenated alkanes) is 2. The largest absolute Gasteiger partial charge is 0.493 e. The molecule has 0 aliphatic heterocycles. The number of ether oxygens (including phenoxy) is 1. The van der Waals surface area contributed by atoms with Crippen LogP contribution in [0.25, 0.3) is 11.1 Å². The third kappa shape index (κ3) is 10.3. The summed E-state index contributed by atoms with van der Waals surface area (Å²) in [6, 6.07) is 49.0. The highest BCUT2D eigenvalue weighted by Crippen LogP contribution is 2.37. The first-order chi connectivity index (χ1) is 24.4. The minimum atomic E-state index is -1.54. The summed E-state index contributed by atoms with van der Waals surface area (Å²) >= 11 is 0. The van der Waals surface area contributed by atoms with Gasteiger partial charge in [0.25, 0.3) is 0 Å². The van der Waals surface area contributed by atoms with Gasteiger partial charge in [0.05, 0.1) is 6.61 Å². The first-order valence-corrected chi connectivity index (χ1v) is 21.7. The van der Waals surface area contributed by atoms with Gasteiger partial charge in [-0.2, -0.15) is 0 Å². The summed E-state index contributed by atoms with van der Waals surface area (Å²) in [4.78, 5) is 4.75. The molecule has 0 amide bonds. The Morgan fingerprint density at radius 2 is 1.08 bits per heavy atom. The molecule has 0 aliphatic rings. The molecule has 0 aliphatic carbocycles. The van der Waals surface area contributed by atoms with Crippen LogP contribution in [-0.2, 0) is 4.43 Å². The fourth-order valence-electron chi connectivity index (χ4n) is 6.40. The van der Waals surface area contributed by atoms with Crippen LogP contribution in [0.4, 0.5) is 28.4 Å². The Labute approximate surface area is 302 Å². The molecule has 5 aromatic carbocycles. The van der Waals surface area contributed by atoms with Crippen molar-refractivity contribution in [1.82, 2.24) is 0 Å². The fourth-order valence-corrected chi connectivity index (χ4v) is 7.71. The second-order valence-corrected chi connectivity index (χ2v) is 18.3. The first-order valence-electron chi connectivity index (χ1n) is 18.6. The molecule has 0 fully saturated rings. The molecular formula is C45H56N2O2Si. The first kappa shape index (κ1) is 36.9. The molecule has 5 heteroatoms. The second-order valence-electron chi connectivity index (χ2n) is 13.9. The molecule has 0 N–H and O–H groups in total. The lowest BCUT2D eigenvalue weighted by molar-refractivity contribution is 0.233. The Balaban J connectivity index is 1.31. The van der Waals surface area contributed by atoms with Crippen LogP contribution in [0.15, 0.2) is 133 Å². The van der Waals surface area contributed by atoms with E-state index in [1.54, 1.807) is 0 Å². The topological polar surface area (TPSA) is 24.9 Å². The molecule has 0 spiro atoms. The summed E-state index contributed by atoms with van der Waals surface area (Å²) in [5, 5.41) is 0. The fraction of sp³-hybridized carbons (Fsp3) is 0.333. The molecule has 1 atom stereocenters. The molecule has 0 heterocycles. The van der Waals surface area contributed by atoms with Crippen molar-refractivity contribution in [3.8, 4) is 16.9 Å². The molecule has 0 radical (unpaired) electrons. The van der Waals surface area contributed by atoms with Gasteiger partial charge < -0.3 is 19.0 Å². The molecule has 50 heavy (non-hydrogen) atoms. The van der Waals surface area contributed by atoms with E-state index in [9.17, 15) is 0 Å². The number of hydrogen-bond acceptors (Lipinski definition) is 4. The van der Waals surface area contributed by atoms with Crippen LogP contribution < -0.4 is 14.5 Å². The molecule has 4 nitrogen and oxygen atoms in total. The van der Waals surface area contributed by atoms with Crippen LogP contribution in [-0.4, -0.2) is 28.6 Å². The van der Waals surface area contributed by atoms with E-state index in [1.165, 1.54) is 54.2 Å². The van der Waals surface area contributed by atoms with Gasteiger partial charge in [-0.1, -0.05) is 100 Å². The molecule has 0 bridgehead atoms. The van der Waals surface area contributed by atoms with E-state index in [1.807, 2.05) is 7.11 Å². The number of nitrogens with zero attached hydrogens (tertiary/aromatic N) is 2. The van der Waals surface area contributed by atoms with Crippen molar-refractivity contribution in [3.63, 3.8) is 0 Å². The Bertz CT molecular complexity index is 1670. The normalized spacial score (nSPS) is 12.0. The lowest BCUT2D eigenvalue weighted by Crippen LogP contribution is -2.28. The van der Waals surface area contributed by atoms with E-state index in [-0.39, 0.29) is 0 Å². The number of para-hydroxylation sites is 2. The van der Waals surface area contributed by atoms with Gasteiger partial charge >= 0.3 is 0 Å². The molecule has 5 aromatic rings. The van der Waals surface area contributed by atoms with Gasteiger partial charge in [0.15, 0.2) is 8.32 Å². The van der Waals surface area contributed by atoms with Crippen molar-refractivity contribution < 1.29 is 9.16 Å². The van der Waals surface area contributed by atoms with Gasteiger partial charge in [0.2, 0.25) is 0 Å². The van der Waals surface area contributed by atoms with Crippen LogP contribution in [0, 0.1) is 5.92 Å². The van der Waals surface area contributed by atoms with Gasteiger partial charge in [-0.25, -0.2) is 0 Å². The molecule has 262 valence electrons. The lowest BCUT2D eigenvalue weighted by Gasteiger charge is -2.27. The van der Waals surface area contributed by atoms with Gasteiger partial charge in [-0.05, 0) is 122 Å². The maximum absolute atomic E-state index is 6.23. The molecule has 1 unspecified atom stereocenters. The number of hydrogen-bond donors (Lipinski definition) is 0. The van der Waals surface area contributed by atoms with Crippen molar-refractivity contribution >= 4 is 36.8 Å². The Morgan fingerprint density at radius 1 is 0.580 bits per heavy atom. The van der Waals surface area contributed by atoms with E-state index in [4.69, 9.17) is 9.16 Å². The van der Waals surface area contributed by atoms with E-state index in [0.29, 0.717) is 5.92 Å². The lowest BCUT2D eigenvalue weighted by atomic mass is 10.0. The second kappa shape index (κ2) is 18.6. The highest BCUT2D eigenvalue weighted by atomic mass is 28.4. The average Bonchev–Trinajstić information content (AvgIpc) is 3.17. The molecule has 0 saturated carbocycles. The smallest absolute Gasteiger partial charge is 0.186 e. The van der Waals surface area contributed by atoms with Crippen molar-refractivity contribution in [2.75, 3.05) is 30.1 Å². The minimum absolute atomic E-state index is 0.610. The van der Waals surface area contributed by atoms with Crippen LogP contribution in [0.3, 0.4) is 0 Å². The third-order valence-electron chi connectivity index (χ3n) is 9.81. The molecule has 5 rings (SSSR count). The third-order valence-corrected chi connectivity index (χ3v) is 12.5. The molecular weight excluding hydrogens is 629 g/mol. The van der Waals surface area contributed by atoms with Crippen LogP contribution in [0.5, 0.6) is 5.75 Å². The minimum Gasteiger partial charge on any atom is -0.493 e. The number of rotatable bonds is 19. The molecule has 0 aromatic heterocycles. The van der Waals surface area contributed by atoms with Crippen LogP contribution >= 0.6 is 0 Å². The zero-order valence-electron chi connectivity index (χ0n) is 30.9. The highest BCUT2D eigenvalue weighted by Gasteiger charge is 2.20. The van der Waals surface area contributed by atoms with E-state index < -0.39 is 8.32 Å². The van der Waals surface area contributed by atoms with Gasteiger partial charge in [0.1, 0.15) is 5.75 Å². The maximum Gasteiger partial charge on any atom is 0.186 e. The van der Waals surface area contributed by atoms with Crippen LogP contribution in [0.2, 0.25) is 19.1 Å². The Hall–Kier alpha value is -4.32. The Morgan fingerprint density at radius 3 is 1.62 bits per heavy atom. The predicted molar refractivity (Wildman–Crippen MR) is 217 cm³/mol. The zero-order valence-corrected chi connectivity index (χ0v) is 31.9. The summed E-state index contributed by atoms with van der Waals surface area (Å²) in [6.45, 7) is 10.9. The van der Waals surface area contributed by atoms with E-state index >= 15 is 0 Å². The number of benzene rings is 5. The zero-order chi connectivity index (χ0) is 35.2. The van der Waals surface area contributed by atoms with Crippen molar-refractivity contribution in [3.05, 3.63) is 133 Å². The summed E-state index contributed by atoms with van der Waals surface area (Å²) in [5.74, 6) is 1.54. The SMILES string of the molecule is CCCCC(CC)COc1ccc(N(c2ccccc2)c2ccc(-c3ccc(N(CCCC[Si](C)(C)OC)c4ccccc4)cc3)cc2)cc1. The summed E-state index contributed by atoms with van der Waals surface area (Å²) in [6.07, 6.45) is 7.19. The number of anilines is 5. The quantitative estimate of drug-likeness (QED) is 0.0638. The molecule has 0 saturated heterocycles. The van der Waals surface area contributed by atoms with Crippen molar-refractivity contribution in [1.29, 1.82) is 0 Å². The maximum atomic E-state index is 6.23. The summed E-state index contributed by atoms with van der Waals surface area (Å²) < 4.78 is 12.0. The van der Waals surface area contributed by atoms with Gasteiger partial charge in [-0.15, -0.1) is 0 Å². The van der Waals surface area contributed by atoms with Crippen molar-refractivity contribution in [2.24, 2.45) is 5.92 Å². The van der Waals surface area contributed by atoms with E-state index in [0.717, 1.165) is 48.8 Å². The van der Waals surface area contributed by atoms with Gasteiger partial charge in [0, 0.05) is 42.1 Å². The predicted octanol–water partition coefficient (Wildman–Crippen LogP) is 13.2. The van der Waals surface area contributed by atoms with E-state index in [2.05, 4.69) is 170 Å². The monoisotopic (exact) mass is 684 g/mol. The summed E-state index contributed by atoms with van der Waals surface area (Å²) in [5.41, 5.74) is 8.19. The summed E-state index contributed by atoms with van der Waals surface area (Å²) in [7, 11) is 0.320. The highest BCUT2D eigenvalue weighted by molar-refractivity contribution is 6.71. The van der Waals surface area contributed by atoms with Crippen LogP contribution in [0.1, 0.15) is 52.4 Å².